The SMILES string of the molecule is Cc1cc(N2CC3CC=CCC3C2)nc(-c2ccc([N+](=O)[O-])cc2)n1. The molecule has 0 saturated carbocycles. The molecule has 2 heterocycles. The summed E-state index contributed by atoms with van der Waals surface area (Å²) in [6.45, 7) is 4.03. The summed E-state index contributed by atoms with van der Waals surface area (Å²) in [7, 11) is 0. The van der Waals surface area contributed by atoms with Gasteiger partial charge in [-0.2, -0.15) is 0 Å². The molecule has 2 unspecified atom stereocenters. The molecule has 1 saturated heterocycles. The van der Waals surface area contributed by atoms with Gasteiger partial charge in [-0.15, -0.1) is 0 Å². The van der Waals surface area contributed by atoms with E-state index in [1.807, 2.05) is 13.0 Å². The molecule has 0 amide bonds. The molecule has 1 aliphatic heterocycles. The molecule has 1 fully saturated rings. The van der Waals surface area contributed by atoms with E-state index >= 15 is 0 Å². The minimum Gasteiger partial charge on any atom is -0.356 e. The van der Waals surface area contributed by atoms with E-state index in [1.165, 1.54) is 12.1 Å². The van der Waals surface area contributed by atoms with Crippen molar-refractivity contribution < 1.29 is 4.92 Å². The van der Waals surface area contributed by atoms with Crippen molar-refractivity contribution in [2.75, 3.05) is 18.0 Å². The second-order valence-electron chi connectivity index (χ2n) is 6.86. The van der Waals surface area contributed by atoms with E-state index in [0.29, 0.717) is 17.7 Å². The van der Waals surface area contributed by atoms with Crippen LogP contribution in [0.3, 0.4) is 0 Å². The zero-order chi connectivity index (χ0) is 17.4. The third-order valence-electron chi connectivity index (χ3n) is 5.12. The summed E-state index contributed by atoms with van der Waals surface area (Å²) in [5, 5.41) is 10.8. The number of aryl methyl sites for hydroxylation is 1. The number of nitrogens with zero attached hydrogens (tertiary/aromatic N) is 4. The first kappa shape index (κ1) is 15.7. The van der Waals surface area contributed by atoms with Crippen LogP contribution in [0.15, 0.2) is 42.5 Å². The Morgan fingerprint density at radius 2 is 1.72 bits per heavy atom. The highest BCUT2D eigenvalue weighted by Gasteiger charge is 2.33. The monoisotopic (exact) mass is 336 g/mol. The number of hydrogen-bond acceptors (Lipinski definition) is 5. The van der Waals surface area contributed by atoms with Crippen molar-refractivity contribution in [3.63, 3.8) is 0 Å². The quantitative estimate of drug-likeness (QED) is 0.485. The fourth-order valence-corrected chi connectivity index (χ4v) is 3.78. The average Bonchev–Trinajstić information content (AvgIpc) is 3.05. The highest BCUT2D eigenvalue weighted by atomic mass is 16.6. The number of allylic oxidation sites excluding steroid dienone is 2. The summed E-state index contributed by atoms with van der Waals surface area (Å²) in [4.78, 5) is 22.0. The molecule has 0 N–H and O–H groups in total. The smallest absolute Gasteiger partial charge is 0.269 e. The topological polar surface area (TPSA) is 72.2 Å². The van der Waals surface area contributed by atoms with Crippen LogP contribution >= 0.6 is 0 Å². The van der Waals surface area contributed by atoms with E-state index in [-0.39, 0.29) is 5.69 Å². The van der Waals surface area contributed by atoms with Gasteiger partial charge >= 0.3 is 0 Å². The summed E-state index contributed by atoms with van der Waals surface area (Å²) in [5.74, 6) is 3.00. The van der Waals surface area contributed by atoms with E-state index < -0.39 is 4.92 Å². The van der Waals surface area contributed by atoms with Crippen molar-refractivity contribution in [3.05, 3.63) is 58.3 Å². The van der Waals surface area contributed by atoms with E-state index in [4.69, 9.17) is 4.98 Å². The number of rotatable bonds is 3. The summed E-state index contributed by atoms with van der Waals surface area (Å²) >= 11 is 0. The highest BCUT2D eigenvalue weighted by Crippen LogP contribution is 2.35. The largest absolute Gasteiger partial charge is 0.356 e. The van der Waals surface area contributed by atoms with Crippen molar-refractivity contribution in [1.29, 1.82) is 0 Å². The van der Waals surface area contributed by atoms with E-state index in [2.05, 4.69) is 22.0 Å². The van der Waals surface area contributed by atoms with Gasteiger partial charge < -0.3 is 4.90 Å². The van der Waals surface area contributed by atoms with Crippen LogP contribution in [-0.4, -0.2) is 28.0 Å². The Morgan fingerprint density at radius 3 is 2.32 bits per heavy atom. The van der Waals surface area contributed by atoms with Crippen LogP contribution in [0, 0.1) is 28.9 Å². The lowest BCUT2D eigenvalue weighted by molar-refractivity contribution is -0.384. The minimum atomic E-state index is -0.397. The fraction of sp³-hybridized carbons (Fsp3) is 0.368. The number of nitro groups is 1. The van der Waals surface area contributed by atoms with Gasteiger partial charge in [-0.25, -0.2) is 9.97 Å². The molecule has 0 spiro atoms. The van der Waals surface area contributed by atoms with Gasteiger partial charge in [0.05, 0.1) is 4.92 Å². The lowest BCUT2D eigenvalue weighted by Crippen LogP contribution is -2.21. The van der Waals surface area contributed by atoms with Gasteiger partial charge in [0, 0.05) is 42.5 Å². The van der Waals surface area contributed by atoms with E-state index in [0.717, 1.165) is 43.0 Å². The number of hydrogen-bond donors (Lipinski definition) is 0. The van der Waals surface area contributed by atoms with Gasteiger partial charge in [0.1, 0.15) is 5.82 Å². The minimum absolute atomic E-state index is 0.0766. The maximum atomic E-state index is 10.8. The molecule has 0 radical (unpaired) electrons. The lowest BCUT2D eigenvalue weighted by atomic mass is 9.86. The number of aromatic nitrogens is 2. The maximum absolute atomic E-state index is 10.8. The Labute approximate surface area is 146 Å². The Morgan fingerprint density at radius 1 is 1.08 bits per heavy atom. The zero-order valence-electron chi connectivity index (χ0n) is 14.1. The van der Waals surface area contributed by atoms with Gasteiger partial charge in [0.25, 0.3) is 5.69 Å². The summed E-state index contributed by atoms with van der Waals surface area (Å²) in [6, 6.07) is 8.45. The molecule has 1 aromatic heterocycles. The number of non-ortho nitro benzene ring substituents is 1. The van der Waals surface area contributed by atoms with Gasteiger partial charge in [0.15, 0.2) is 5.82 Å². The first-order valence-corrected chi connectivity index (χ1v) is 8.60. The van der Waals surface area contributed by atoms with Crippen LogP contribution in [0.5, 0.6) is 0 Å². The van der Waals surface area contributed by atoms with Crippen LogP contribution in [0.25, 0.3) is 11.4 Å². The average molecular weight is 336 g/mol. The molecule has 2 atom stereocenters. The molecule has 128 valence electrons. The molecule has 0 bridgehead atoms. The lowest BCUT2D eigenvalue weighted by Gasteiger charge is -2.18. The molecule has 4 rings (SSSR count). The molecular weight excluding hydrogens is 316 g/mol. The van der Waals surface area contributed by atoms with Gasteiger partial charge in [-0.3, -0.25) is 10.1 Å². The summed E-state index contributed by atoms with van der Waals surface area (Å²) in [5.41, 5.74) is 1.79. The summed E-state index contributed by atoms with van der Waals surface area (Å²) in [6.07, 6.45) is 6.89. The van der Waals surface area contributed by atoms with Crippen LogP contribution in [0.4, 0.5) is 11.5 Å². The Bertz CT molecular complexity index is 816. The van der Waals surface area contributed by atoms with Crippen molar-refractivity contribution in [1.82, 2.24) is 9.97 Å². The number of nitro benzene ring substituents is 1. The Kier molecular flexibility index (Phi) is 3.95. The predicted molar refractivity (Wildman–Crippen MR) is 96.4 cm³/mol. The van der Waals surface area contributed by atoms with E-state index in [1.54, 1.807) is 12.1 Å². The maximum Gasteiger partial charge on any atom is 0.269 e. The standard InChI is InChI=1S/C19H20N4O2/c1-13-10-18(22-11-15-4-2-3-5-16(15)12-22)21-19(20-13)14-6-8-17(9-7-14)23(24)25/h2-3,6-10,15-16H,4-5,11-12H2,1H3. The number of fused-ring (bicyclic) bond motifs is 1. The summed E-state index contributed by atoms with van der Waals surface area (Å²) < 4.78 is 0. The molecule has 1 aliphatic carbocycles. The van der Waals surface area contributed by atoms with E-state index in [9.17, 15) is 10.1 Å². The first-order valence-electron chi connectivity index (χ1n) is 8.60. The number of benzene rings is 1. The Hall–Kier alpha value is -2.76. The van der Waals surface area contributed by atoms with Crippen molar-refractivity contribution >= 4 is 11.5 Å². The fourth-order valence-electron chi connectivity index (χ4n) is 3.78. The second kappa shape index (κ2) is 6.27. The highest BCUT2D eigenvalue weighted by molar-refractivity contribution is 5.60. The molecule has 1 aromatic carbocycles. The third kappa shape index (κ3) is 3.12. The molecular formula is C19H20N4O2. The molecule has 6 heteroatoms. The Balaban J connectivity index is 1.62. The third-order valence-corrected chi connectivity index (χ3v) is 5.12. The van der Waals surface area contributed by atoms with Crippen LogP contribution < -0.4 is 4.90 Å². The molecule has 6 nitrogen and oxygen atoms in total. The molecule has 2 aromatic rings. The molecule has 25 heavy (non-hydrogen) atoms. The normalized spacial score (nSPS) is 22.0. The molecule has 2 aliphatic rings. The van der Waals surface area contributed by atoms with Crippen LogP contribution in [0.1, 0.15) is 18.5 Å². The van der Waals surface area contributed by atoms with Crippen molar-refractivity contribution in [2.45, 2.75) is 19.8 Å². The number of anilines is 1. The van der Waals surface area contributed by atoms with Crippen molar-refractivity contribution in [2.24, 2.45) is 11.8 Å². The zero-order valence-corrected chi connectivity index (χ0v) is 14.1. The second-order valence-corrected chi connectivity index (χ2v) is 6.86. The van der Waals surface area contributed by atoms with Gasteiger partial charge in [-0.1, -0.05) is 12.2 Å². The van der Waals surface area contributed by atoms with Gasteiger partial charge in [0.2, 0.25) is 0 Å². The van der Waals surface area contributed by atoms with Gasteiger partial charge in [-0.05, 0) is 43.7 Å². The van der Waals surface area contributed by atoms with Crippen LogP contribution in [0.2, 0.25) is 0 Å². The van der Waals surface area contributed by atoms with Crippen LogP contribution in [-0.2, 0) is 0 Å². The predicted octanol–water partition coefficient (Wildman–Crippen LogP) is 3.76. The van der Waals surface area contributed by atoms with Crippen molar-refractivity contribution in [3.8, 4) is 11.4 Å². The first-order chi connectivity index (χ1) is 12.1.